The van der Waals surface area contributed by atoms with Crippen molar-refractivity contribution in [3.05, 3.63) is 47.0 Å². The number of halogens is 2. The van der Waals surface area contributed by atoms with E-state index in [0.29, 0.717) is 16.6 Å². The van der Waals surface area contributed by atoms with E-state index in [-0.39, 0.29) is 17.8 Å². The molecule has 1 aromatic carbocycles. The van der Waals surface area contributed by atoms with Crippen molar-refractivity contribution in [3.63, 3.8) is 0 Å². The molecule has 1 atom stereocenters. The summed E-state index contributed by atoms with van der Waals surface area (Å²) in [5, 5.41) is 1.99. The van der Waals surface area contributed by atoms with E-state index >= 15 is 0 Å². The van der Waals surface area contributed by atoms with Crippen LogP contribution >= 0.6 is 23.2 Å². The Morgan fingerprint density at radius 2 is 1.89 bits per heavy atom. The molecule has 0 saturated carbocycles. The molecule has 5 rings (SSSR count). The SMILES string of the molecule is COC(=O)C1CCCN(C(C)=O)C1.Clc1ccc2c(-n3ccnc3)cc(N3CCCC3)nc2c1Cl. The van der Waals surface area contributed by atoms with E-state index in [0.717, 1.165) is 54.9 Å². The van der Waals surface area contributed by atoms with Crippen LogP contribution in [0.2, 0.25) is 10.0 Å². The van der Waals surface area contributed by atoms with Gasteiger partial charge in [0.1, 0.15) is 5.82 Å². The number of amides is 1. The number of benzene rings is 1. The third-order valence-electron chi connectivity index (χ3n) is 6.45. The average Bonchev–Trinajstić information content (AvgIpc) is 3.61. The van der Waals surface area contributed by atoms with Gasteiger partial charge in [-0.15, -0.1) is 0 Å². The summed E-state index contributed by atoms with van der Waals surface area (Å²) >= 11 is 12.6. The molecule has 0 N–H and O–H groups in total. The van der Waals surface area contributed by atoms with E-state index < -0.39 is 0 Å². The molecular weight excluding hydrogens is 489 g/mol. The standard InChI is InChI=1S/C16H14Cl2N4.C9H15NO3/c17-12-4-3-11-13(22-8-5-19-10-22)9-14(20-16(11)15(12)18)21-6-1-2-7-21;1-7(11)10-5-3-4-8(6-10)9(12)13-2/h3-5,8-10H,1-2,6-7H2;8H,3-6H2,1-2H3. The molecule has 0 spiro atoms. The molecule has 2 aromatic heterocycles. The van der Waals surface area contributed by atoms with Crippen LogP contribution in [0.5, 0.6) is 0 Å². The fourth-order valence-electron chi connectivity index (χ4n) is 4.55. The van der Waals surface area contributed by atoms with E-state index in [2.05, 4.69) is 20.7 Å². The third-order valence-corrected chi connectivity index (χ3v) is 7.25. The van der Waals surface area contributed by atoms with Crippen LogP contribution in [0.4, 0.5) is 5.82 Å². The van der Waals surface area contributed by atoms with E-state index in [1.165, 1.54) is 26.9 Å². The molecule has 0 radical (unpaired) electrons. The van der Waals surface area contributed by atoms with E-state index in [9.17, 15) is 9.59 Å². The van der Waals surface area contributed by atoms with Crippen LogP contribution in [0.25, 0.3) is 16.6 Å². The number of esters is 1. The summed E-state index contributed by atoms with van der Waals surface area (Å²) in [5.41, 5.74) is 1.75. The van der Waals surface area contributed by atoms with Crippen LogP contribution in [-0.2, 0) is 14.3 Å². The molecule has 2 fully saturated rings. The number of carbonyl (C=O) groups excluding carboxylic acids is 2. The summed E-state index contributed by atoms with van der Waals surface area (Å²) in [4.78, 5) is 35.1. The number of carbonyl (C=O) groups is 2. The minimum atomic E-state index is -0.203. The normalized spacial score (nSPS) is 17.8. The first-order valence-corrected chi connectivity index (χ1v) is 12.5. The summed E-state index contributed by atoms with van der Waals surface area (Å²) in [7, 11) is 1.38. The van der Waals surface area contributed by atoms with Crippen LogP contribution in [0.3, 0.4) is 0 Å². The second kappa shape index (κ2) is 11.3. The number of hydrogen-bond acceptors (Lipinski definition) is 6. The Morgan fingerprint density at radius 1 is 1.11 bits per heavy atom. The molecule has 2 aliphatic heterocycles. The van der Waals surface area contributed by atoms with Crippen molar-refractivity contribution in [3.8, 4) is 5.69 Å². The second-order valence-corrected chi connectivity index (χ2v) is 9.53. The number of methoxy groups -OCH3 is 1. The van der Waals surface area contributed by atoms with Crippen molar-refractivity contribution < 1.29 is 14.3 Å². The molecule has 35 heavy (non-hydrogen) atoms. The highest BCUT2D eigenvalue weighted by atomic mass is 35.5. The highest BCUT2D eigenvalue weighted by Gasteiger charge is 2.27. The largest absolute Gasteiger partial charge is 0.469 e. The van der Waals surface area contributed by atoms with Gasteiger partial charge in [0.05, 0.1) is 40.6 Å². The number of hydrogen-bond donors (Lipinski definition) is 0. The number of aromatic nitrogens is 3. The molecule has 0 aliphatic carbocycles. The average molecular weight is 518 g/mol. The second-order valence-electron chi connectivity index (χ2n) is 8.75. The number of nitrogens with zero attached hydrogens (tertiary/aromatic N) is 5. The molecule has 1 amide bonds. The van der Waals surface area contributed by atoms with Crippen molar-refractivity contribution in [2.75, 3.05) is 38.2 Å². The zero-order valence-electron chi connectivity index (χ0n) is 19.9. The summed E-state index contributed by atoms with van der Waals surface area (Å²) in [6.45, 7) is 4.87. The van der Waals surface area contributed by atoms with Gasteiger partial charge in [-0.2, -0.15) is 0 Å². The van der Waals surface area contributed by atoms with E-state index in [1.807, 2.05) is 22.9 Å². The van der Waals surface area contributed by atoms with Gasteiger partial charge in [-0.25, -0.2) is 9.97 Å². The first-order valence-electron chi connectivity index (χ1n) is 11.7. The lowest BCUT2D eigenvalue weighted by atomic mass is 9.98. The number of ether oxygens (including phenoxy) is 1. The van der Waals surface area contributed by atoms with Crippen molar-refractivity contribution in [1.29, 1.82) is 0 Å². The molecule has 2 saturated heterocycles. The number of rotatable bonds is 3. The quantitative estimate of drug-likeness (QED) is 0.466. The van der Waals surface area contributed by atoms with Gasteiger partial charge in [0.2, 0.25) is 5.91 Å². The van der Waals surface area contributed by atoms with Gasteiger partial charge in [0, 0.05) is 56.9 Å². The molecular formula is C25H29Cl2N5O3. The topological polar surface area (TPSA) is 80.6 Å². The van der Waals surface area contributed by atoms with Crippen molar-refractivity contribution in [1.82, 2.24) is 19.4 Å². The molecule has 4 heterocycles. The molecule has 186 valence electrons. The summed E-state index contributed by atoms with van der Waals surface area (Å²) in [6, 6.07) is 5.86. The zero-order valence-corrected chi connectivity index (χ0v) is 21.4. The number of anilines is 1. The first kappa shape index (κ1) is 25.3. The number of pyridine rings is 1. The number of imidazole rings is 1. The Bertz CT molecular complexity index is 1200. The predicted molar refractivity (Wildman–Crippen MR) is 137 cm³/mol. The van der Waals surface area contributed by atoms with Crippen LogP contribution in [0.15, 0.2) is 36.9 Å². The highest BCUT2D eigenvalue weighted by Crippen LogP contribution is 2.35. The Kier molecular flexibility index (Phi) is 8.13. The lowest BCUT2D eigenvalue weighted by Gasteiger charge is -2.30. The van der Waals surface area contributed by atoms with Gasteiger partial charge in [0.25, 0.3) is 0 Å². The lowest BCUT2D eigenvalue weighted by molar-refractivity contribution is -0.148. The van der Waals surface area contributed by atoms with Crippen molar-refractivity contribution in [2.45, 2.75) is 32.6 Å². The zero-order chi connectivity index (χ0) is 24.9. The monoisotopic (exact) mass is 517 g/mol. The van der Waals surface area contributed by atoms with Crippen LogP contribution in [-0.4, -0.2) is 64.6 Å². The molecule has 1 unspecified atom stereocenters. The van der Waals surface area contributed by atoms with Crippen LogP contribution in [0.1, 0.15) is 32.6 Å². The minimum Gasteiger partial charge on any atom is -0.469 e. The predicted octanol–water partition coefficient (Wildman–Crippen LogP) is 4.75. The minimum absolute atomic E-state index is 0.0357. The third kappa shape index (κ3) is 5.70. The van der Waals surface area contributed by atoms with E-state index in [1.54, 1.807) is 17.4 Å². The first-order chi connectivity index (χ1) is 16.9. The van der Waals surface area contributed by atoms with Gasteiger partial charge in [0.15, 0.2) is 0 Å². The van der Waals surface area contributed by atoms with Gasteiger partial charge >= 0.3 is 5.97 Å². The molecule has 3 aromatic rings. The maximum atomic E-state index is 11.2. The van der Waals surface area contributed by atoms with Crippen LogP contribution in [0, 0.1) is 5.92 Å². The fraction of sp³-hybridized carbons (Fsp3) is 0.440. The van der Waals surface area contributed by atoms with Crippen molar-refractivity contribution in [2.24, 2.45) is 5.92 Å². The van der Waals surface area contributed by atoms with E-state index in [4.69, 9.17) is 28.2 Å². The smallest absolute Gasteiger partial charge is 0.310 e. The van der Waals surface area contributed by atoms with Crippen LogP contribution < -0.4 is 4.90 Å². The number of fused-ring (bicyclic) bond motifs is 1. The van der Waals surface area contributed by atoms with Gasteiger partial charge in [-0.3, -0.25) is 9.59 Å². The lowest BCUT2D eigenvalue weighted by Crippen LogP contribution is -2.41. The Hall–Kier alpha value is -2.84. The molecule has 2 aliphatic rings. The fourth-order valence-corrected chi connectivity index (χ4v) is 4.91. The summed E-state index contributed by atoms with van der Waals surface area (Å²) in [5.74, 6) is 0.653. The maximum Gasteiger partial charge on any atom is 0.310 e. The van der Waals surface area contributed by atoms with Gasteiger partial charge in [-0.05, 0) is 37.8 Å². The molecule has 10 heteroatoms. The maximum absolute atomic E-state index is 11.2. The Balaban J connectivity index is 0.000000191. The highest BCUT2D eigenvalue weighted by molar-refractivity contribution is 6.45. The molecule has 0 bridgehead atoms. The number of piperidine rings is 1. The van der Waals surface area contributed by atoms with Gasteiger partial charge < -0.3 is 19.1 Å². The Morgan fingerprint density at radius 3 is 2.54 bits per heavy atom. The van der Waals surface area contributed by atoms with Gasteiger partial charge in [-0.1, -0.05) is 23.2 Å². The van der Waals surface area contributed by atoms with Crippen molar-refractivity contribution >= 4 is 51.8 Å². The summed E-state index contributed by atoms with van der Waals surface area (Å²) in [6.07, 6.45) is 9.58. The summed E-state index contributed by atoms with van der Waals surface area (Å²) < 4.78 is 6.62. The molecule has 8 nitrogen and oxygen atoms in total. The number of likely N-dealkylation sites (tertiary alicyclic amines) is 1. The Labute approximate surface area is 214 Å².